The number of imidazole rings is 1. The normalized spacial score (nSPS) is 15.5. The van der Waals surface area contributed by atoms with Gasteiger partial charge in [0.15, 0.2) is 11.6 Å². The fourth-order valence-corrected chi connectivity index (χ4v) is 4.56. The molecule has 3 aromatic rings. The van der Waals surface area contributed by atoms with Crippen LogP contribution >= 0.6 is 0 Å². The molecule has 7 nitrogen and oxygen atoms in total. The van der Waals surface area contributed by atoms with Crippen molar-refractivity contribution in [1.82, 2.24) is 26.0 Å². The molecule has 0 unspecified atom stereocenters. The van der Waals surface area contributed by atoms with Crippen LogP contribution in [-0.4, -0.2) is 21.2 Å². The molecule has 1 aromatic heterocycles. The van der Waals surface area contributed by atoms with Crippen molar-refractivity contribution in [3.63, 3.8) is 0 Å². The van der Waals surface area contributed by atoms with Gasteiger partial charge in [-0.15, -0.1) is 10.6 Å². The second kappa shape index (κ2) is 8.96. The molecule has 3 N–H and O–H groups in total. The van der Waals surface area contributed by atoms with Crippen molar-refractivity contribution in [3.8, 4) is 11.1 Å². The summed E-state index contributed by atoms with van der Waals surface area (Å²) in [5.41, 5.74) is 14.8. The Kier molecular flexibility index (Phi) is 5.73. The molecule has 0 amide bonds. The number of hydrazine groups is 2. The Labute approximate surface area is 187 Å². The van der Waals surface area contributed by atoms with Crippen LogP contribution in [0.2, 0.25) is 0 Å². The van der Waals surface area contributed by atoms with Crippen LogP contribution in [0.5, 0.6) is 0 Å². The van der Waals surface area contributed by atoms with Crippen molar-refractivity contribution >= 4 is 11.6 Å². The number of ketones is 1. The smallest absolute Gasteiger partial charge is 0.181 e. The number of carbonyl (C=O) groups excluding carboxylic acids is 1. The summed E-state index contributed by atoms with van der Waals surface area (Å²) in [6.07, 6.45) is 5.44. The number of aromatic nitrogens is 2. The minimum atomic E-state index is 0.241. The number of hydrazone groups is 1. The third-order valence-corrected chi connectivity index (χ3v) is 6.12. The molecule has 2 aromatic carbocycles. The number of amidine groups is 1. The average Bonchev–Trinajstić information content (AvgIpc) is 3.42. The first kappa shape index (κ1) is 20.5. The van der Waals surface area contributed by atoms with Crippen molar-refractivity contribution in [2.45, 2.75) is 52.0 Å². The van der Waals surface area contributed by atoms with Crippen molar-refractivity contribution in [1.29, 1.82) is 0 Å². The summed E-state index contributed by atoms with van der Waals surface area (Å²) >= 11 is 0. The zero-order valence-electron chi connectivity index (χ0n) is 18.3. The van der Waals surface area contributed by atoms with E-state index in [9.17, 15) is 4.79 Å². The Morgan fingerprint density at radius 3 is 2.53 bits per heavy atom. The van der Waals surface area contributed by atoms with E-state index in [1.54, 1.807) is 0 Å². The van der Waals surface area contributed by atoms with Gasteiger partial charge < -0.3 is 4.57 Å². The maximum absolute atomic E-state index is 12.8. The highest BCUT2D eigenvalue weighted by Gasteiger charge is 2.24. The van der Waals surface area contributed by atoms with Gasteiger partial charge in [0.1, 0.15) is 11.5 Å². The van der Waals surface area contributed by atoms with Gasteiger partial charge in [0.25, 0.3) is 0 Å². The zero-order valence-corrected chi connectivity index (χ0v) is 18.3. The summed E-state index contributed by atoms with van der Waals surface area (Å²) in [6, 6.07) is 16.8. The molecular formula is C25H28N6O. The molecule has 0 saturated heterocycles. The Morgan fingerprint density at radius 2 is 1.78 bits per heavy atom. The highest BCUT2D eigenvalue weighted by atomic mass is 16.1. The van der Waals surface area contributed by atoms with Gasteiger partial charge in [-0.05, 0) is 42.4 Å². The van der Waals surface area contributed by atoms with E-state index in [1.807, 2.05) is 18.2 Å². The molecule has 2 heterocycles. The molecule has 2 aliphatic rings. The number of hydrogen-bond donors (Lipinski definition) is 3. The van der Waals surface area contributed by atoms with Crippen LogP contribution in [0.1, 0.15) is 65.7 Å². The van der Waals surface area contributed by atoms with E-state index in [2.05, 4.69) is 63.4 Å². The number of nitrogens with one attached hydrogen (secondary N) is 3. The Morgan fingerprint density at radius 1 is 1.00 bits per heavy atom. The lowest BCUT2D eigenvalue weighted by atomic mass is 9.98. The number of carbonyl (C=O) groups is 1. The largest absolute Gasteiger partial charge is 0.321 e. The summed E-state index contributed by atoms with van der Waals surface area (Å²) in [5.74, 6) is 2.03. The van der Waals surface area contributed by atoms with Crippen LogP contribution in [0.4, 0.5) is 0 Å². The van der Waals surface area contributed by atoms with E-state index in [1.165, 1.54) is 5.56 Å². The van der Waals surface area contributed by atoms with Gasteiger partial charge in [0, 0.05) is 24.9 Å². The molecule has 7 heteroatoms. The number of hydrogen-bond acceptors (Lipinski definition) is 6. The number of rotatable bonds is 6. The minimum absolute atomic E-state index is 0.241. The van der Waals surface area contributed by atoms with Crippen molar-refractivity contribution in [3.05, 3.63) is 76.9 Å². The van der Waals surface area contributed by atoms with Gasteiger partial charge in [-0.25, -0.2) is 10.5 Å². The van der Waals surface area contributed by atoms with Crippen LogP contribution in [-0.2, 0) is 19.4 Å². The van der Waals surface area contributed by atoms with Crippen LogP contribution in [0.3, 0.4) is 0 Å². The zero-order chi connectivity index (χ0) is 21.9. The van der Waals surface area contributed by atoms with E-state index >= 15 is 0 Å². The Hall–Kier alpha value is -3.45. The molecule has 5 rings (SSSR count). The topological polar surface area (TPSA) is 83.3 Å². The standard InChI is InChI=1S/C25H28N6O/c1-2-7-23-26-21-10-5-6-11-22(32)24(21)31(23)16-17-12-14-18(15-13-17)19-8-3-4-9-20(19)25-27-29-30-28-25/h3-4,8-9,12-15,29-30H,2,5-7,10-11,16H2,1H3,(H,27,28). The third kappa shape index (κ3) is 3.91. The fourth-order valence-electron chi connectivity index (χ4n) is 4.56. The highest BCUT2D eigenvalue weighted by molar-refractivity contribution is 6.04. The maximum atomic E-state index is 12.8. The van der Waals surface area contributed by atoms with Gasteiger partial charge >= 0.3 is 0 Å². The van der Waals surface area contributed by atoms with Crippen LogP contribution in [0, 0.1) is 0 Å². The summed E-state index contributed by atoms with van der Waals surface area (Å²) in [7, 11) is 0. The summed E-state index contributed by atoms with van der Waals surface area (Å²) < 4.78 is 2.17. The Balaban J connectivity index is 1.46. The van der Waals surface area contributed by atoms with E-state index in [-0.39, 0.29) is 5.78 Å². The number of Topliss-reactive ketones (excluding diaryl/α,β-unsaturated/α-hetero) is 1. The van der Waals surface area contributed by atoms with Crippen LogP contribution in [0.15, 0.2) is 53.6 Å². The first-order chi connectivity index (χ1) is 15.7. The molecule has 0 radical (unpaired) electrons. The lowest BCUT2D eigenvalue weighted by molar-refractivity contribution is 0.0973. The fraction of sp³-hybridized carbons (Fsp3) is 0.320. The van der Waals surface area contributed by atoms with E-state index in [0.29, 0.717) is 13.0 Å². The van der Waals surface area contributed by atoms with Gasteiger partial charge in [-0.2, -0.15) is 0 Å². The second-order valence-corrected chi connectivity index (χ2v) is 8.35. The quantitative estimate of drug-likeness (QED) is 0.521. The van der Waals surface area contributed by atoms with E-state index in [4.69, 9.17) is 4.98 Å². The van der Waals surface area contributed by atoms with Gasteiger partial charge in [-0.3, -0.25) is 10.2 Å². The second-order valence-electron chi connectivity index (χ2n) is 8.35. The molecule has 32 heavy (non-hydrogen) atoms. The molecule has 0 bridgehead atoms. The van der Waals surface area contributed by atoms with E-state index in [0.717, 1.165) is 71.8 Å². The number of benzene rings is 2. The molecule has 0 atom stereocenters. The average molecular weight is 429 g/mol. The van der Waals surface area contributed by atoms with Gasteiger partial charge in [0.05, 0.1) is 5.69 Å². The van der Waals surface area contributed by atoms with Crippen LogP contribution in [0.25, 0.3) is 11.1 Å². The molecule has 1 aliphatic heterocycles. The molecular weight excluding hydrogens is 400 g/mol. The highest BCUT2D eigenvalue weighted by Crippen LogP contribution is 2.27. The third-order valence-electron chi connectivity index (χ3n) is 6.12. The summed E-state index contributed by atoms with van der Waals surface area (Å²) in [6.45, 7) is 2.83. The van der Waals surface area contributed by atoms with Gasteiger partial charge in [-0.1, -0.05) is 55.5 Å². The number of aryl methyl sites for hydroxylation is 2. The SMILES string of the molecule is CCCc1nc2c(n1Cc1ccc(-c3ccccc3C3=NNNN3)cc1)C(=O)CCCC2. The molecule has 164 valence electrons. The number of nitrogens with zero attached hydrogens (tertiary/aromatic N) is 3. The molecule has 1 aliphatic carbocycles. The lowest BCUT2D eigenvalue weighted by Gasteiger charge is -2.13. The summed E-state index contributed by atoms with van der Waals surface area (Å²) in [4.78, 5) is 17.7. The van der Waals surface area contributed by atoms with Gasteiger partial charge in [0.2, 0.25) is 0 Å². The first-order valence-corrected chi connectivity index (χ1v) is 11.4. The van der Waals surface area contributed by atoms with E-state index < -0.39 is 0 Å². The van der Waals surface area contributed by atoms with Crippen molar-refractivity contribution < 1.29 is 4.79 Å². The predicted octanol–water partition coefficient (Wildman–Crippen LogP) is 3.73. The Bertz CT molecular complexity index is 1160. The molecule has 0 spiro atoms. The monoisotopic (exact) mass is 428 g/mol. The van der Waals surface area contributed by atoms with Crippen LogP contribution < -0.4 is 16.5 Å². The minimum Gasteiger partial charge on any atom is -0.321 e. The lowest BCUT2D eigenvalue weighted by Crippen LogP contribution is -2.35. The first-order valence-electron chi connectivity index (χ1n) is 11.4. The molecule has 0 saturated carbocycles. The number of fused-ring (bicyclic) bond motifs is 1. The van der Waals surface area contributed by atoms with Crippen molar-refractivity contribution in [2.24, 2.45) is 5.10 Å². The summed E-state index contributed by atoms with van der Waals surface area (Å²) in [5, 5.41) is 4.24. The predicted molar refractivity (Wildman–Crippen MR) is 125 cm³/mol. The van der Waals surface area contributed by atoms with Crippen molar-refractivity contribution in [2.75, 3.05) is 0 Å². The molecule has 0 fully saturated rings. The maximum Gasteiger partial charge on any atom is 0.181 e.